The lowest BCUT2D eigenvalue weighted by Gasteiger charge is -2.34. The van der Waals surface area contributed by atoms with Crippen molar-refractivity contribution in [1.29, 1.82) is 0 Å². The van der Waals surface area contributed by atoms with Crippen LogP contribution in [0.15, 0.2) is 109 Å². The van der Waals surface area contributed by atoms with Gasteiger partial charge in [0.15, 0.2) is 0 Å². The highest BCUT2D eigenvalue weighted by atomic mass is 19.4. The fourth-order valence-electron chi connectivity index (χ4n) is 8.12. The van der Waals surface area contributed by atoms with Gasteiger partial charge in [0.05, 0.1) is 50.1 Å². The lowest BCUT2D eigenvalue weighted by atomic mass is 9.34. The van der Waals surface area contributed by atoms with Crippen molar-refractivity contribution in [3.8, 4) is 33.4 Å². The smallest absolute Gasteiger partial charge is 0.166 e. The van der Waals surface area contributed by atoms with E-state index in [1.807, 2.05) is 0 Å². The summed E-state index contributed by atoms with van der Waals surface area (Å²) in [4.78, 5) is 0. The van der Waals surface area contributed by atoms with Crippen LogP contribution in [0.25, 0.3) is 33.4 Å². The Morgan fingerprint density at radius 1 is 0.247 bits per heavy atom. The van der Waals surface area contributed by atoms with Crippen molar-refractivity contribution in [2.45, 2.75) is 55.6 Å². The standard InChI is InChI=1S/C45H18BF27/c47-37(48,49)19-13-20(38(50,51)52)16-23(15-19)46(24-17-21(39(53,54)55)14-22(18-24)40(56,57)58)36-32(26-8-2-5-11-29(26)42(62,63)64)34(44(68,69)70)31(25-7-1-4-10-28(25)41(59,60)61)35(45(71,72)73)33(36)27-9-3-6-12-30(27)43(65,66)67/h1-18H. The van der Waals surface area contributed by atoms with E-state index in [9.17, 15) is 65.9 Å². The molecular weight excluding hydrogens is 1060 g/mol. The fraction of sp³-hybridized carbons (Fsp3) is 0.200. The molecular formula is C45H18BF27. The summed E-state index contributed by atoms with van der Waals surface area (Å²) in [6.45, 7) is -4.13. The number of hydrogen-bond donors (Lipinski definition) is 0. The fourth-order valence-corrected chi connectivity index (χ4v) is 8.12. The molecule has 0 nitrogen and oxygen atoms in total. The van der Waals surface area contributed by atoms with Gasteiger partial charge in [-0.15, -0.1) is 0 Å². The molecule has 6 aromatic carbocycles. The van der Waals surface area contributed by atoms with Crippen LogP contribution in [0, 0.1) is 0 Å². The van der Waals surface area contributed by atoms with E-state index < -0.39 is 199 Å². The molecule has 0 unspecified atom stereocenters. The first-order valence-corrected chi connectivity index (χ1v) is 19.4. The predicted molar refractivity (Wildman–Crippen MR) is 205 cm³/mol. The van der Waals surface area contributed by atoms with Crippen LogP contribution >= 0.6 is 0 Å². The van der Waals surface area contributed by atoms with Gasteiger partial charge in [0.2, 0.25) is 6.71 Å². The normalized spacial score (nSPS) is 13.7. The van der Waals surface area contributed by atoms with E-state index in [-0.39, 0.29) is 54.6 Å². The molecule has 28 heteroatoms. The van der Waals surface area contributed by atoms with Crippen molar-refractivity contribution >= 4 is 23.1 Å². The van der Waals surface area contributed by atoms with Gasteiger partial charge in [-0.2, -0.15) is 119 Å². The van der Waals surface area contributed by atoms with Crippen LogP contribution in [0.4, 0.5) is 119 Å². The van der Waals surface area contributed by atoms with E-state index in [1.165, 1.54) is 0 Å². The van der Waals surface area contributed by atoms with Crippen molar-refractivity contribution < 1.29 is 119 Å². The maximum atomic E-state index is 16.3. The molecule has 0 spiro atoms. The van der Waals surface area contributed by atoms with Gasteiger partial charge >= 0.3 is 55.6 Å². The minimum atomic E-state index is -6.99. The molecule has 0 saturated heterocycles. The summed E-state index contributed by atoms with van der Waals surface area (Å²) < 4.78 is 409. The molecule has 0 amide bonds. The van der Waals surface area contributed by atoms with Crippen molar-refractivity contribution in [2.75, 3.05) is 0 Å². The molecule has 6 aromatic rings. The molecule has 73 heavy (non-hydrogen) atoms. The molecule has 0 saturated carbocycles. The van der Waals surface area contributed by atoms with Crippen molar-refractivity contribution in [3.05, 3.63) is 159 Å². The van der Waals surface area contributed by atoms with Crippen LogP contribution in [0.5, 0.6) is 0 Å². The lowest BCUT2D eigenvalue weighted by Crippen LogP contribution is -2.55. The second-order valence-corrected chi connectivity index (χ2v) is 15.5. The number of halogens is 27. The molecule has 390 valence electrons. The highest BCUT2D eigenvalue weighted by Crippen LogP contribution is 2.56. The quantitative estimate of drug-likeness (QED) is 0.115. The maximum absolute atomic E-state index is 16.3. The molecule has 0 bridgehead atoms. The van der Waals surface area contributed by atoms with E-state index in [1.54, 1.807) is 0 Å². The summed E-state index contributed by atoms with van der Waals surface area (Å²) in [5, 5.41) is 0. The van der Waals surface area contributed by atoms with Gasteiger partial charge in [0.25, 0.3) is 0 Å². The average molecular weight is 1080 g/mol. The highest BCUT2D eigenvalue weighted by molar-refractivity contribution is 6.97. The monoisotopic (exact) mass is 1080 g/mol. The maximum Gasteiger partial charge on any atom is 0.417 e. The van der Waals surface area contributed by atoms with Crippen LogP contribution in [0.2, 0.25) is 0 Å². The van der Waals surface area contributed by atoms with E-state index in [0.29, 0.717) is 18.2 Å². The summed E-state index contributed by atoms with van der Waals surface area (Å²) in [7, 11) is 0. The third-order valence-corrected chi connectivity index (χ3v) is 10.8. The Balaban J connectivity index is 2.24. The highest BCUT2D eigenvalue weighted by Gasteiger charge is 2.53. The number of benzene rings is 6. The van der Waals surface area contributed by atoms with Gasteiger partial charge < -0.3 is 0 Å². The molecule has 0 N–H and O–H groups in total. The molecule has 0 aliphatic heterocycles. The molecule has 0 heterocycles. The van der Waals surface area contributed by atoms with Crippen LogP contribution in [0.3, 0.4) is 0 Å². The number of rotatable bonds is 6. The summed E-state index contributed by atoms with van der Waals surface area (Å²) in [5.74, 6) is 0. The Hall–Kier alpha value is -6.51. The third kappa shape index (κ3) is 11.4. The number of hydrogen-bond acceptors (Lipinski definition) is 0. The molecule has 0 fully saturated rings. The first-order valence-electron chi connectivity index (χ1n) is 19.4. The van der Waals surface area contributed by atoms with Crippen molar-refractivity contribution in [3.63, 3.8) is 0 Å². The zero-order valence-electron chi connectivity index (χ0n) is 34.7. The van der Waals surface area contributed by atoms with Crippen molar-refractivity contribution in [1.82, 2.24) is 0 Å². The first kappa shape index (κ1) is 55.8. The second-order valence-electron chi connectivity index (χ2n) is 15.5. The second kappa shape index (κ2) is 18.2. The molecule has 0 radical (unpaired) electrons. The molecule has 0 atom stereocenters. The molecule has 0 aromatic heterocycles. The van der Waals surface area contributed by atoms with Crippen molar-refractivity contribution in [2.24, 2.45) is 0 Å². The van der Waals surface area contributed by atoms with Crippen LogP contribution in [0.1, 0.15) is 50.1 Å². The Morgan fingerprint density at radius 2 is 0.479 bits per heavy atom. The number of alkyl halides is 27. The Kier molecular flexibility index (Phi) is 13.9. The van der Waals surface area contributed by atoms with Gasteiger partial charge in [0, 0.05) is 5.56 Å². The Morgan fingerprint density at radius 3 is 0.699 bits per heavy atom. The topological polar surface area (TPSA) is 0 Å². The van der Waals surface area contributed by atoms with Crippen LogP contribution in [-0.4, -0.2) is 6.71 Å². The molecule has 0 aliphatic rings. The van der Waals surface area contributed by atoms with Gasteiger partial charge in [-0.05, 0) is 58.1 Å². The van der Waals surface area contributed by atoms with Gasteiger partial charge in [0.1, 0.15) is 0 Å². The minimum Gasteiger partial charge on any atom is -0.166 e. The van der Waals surface area contributed by atoms with E-state index in [2.05, 4.69) is 0 Å². The predicted octanol–water partition coefficient (Wildman–Crippen LogP) is 16.4. The van der Waals surface area contributed by atoms with Crippen LogP contribution in [-0.2, 0) is 55.6 Å². The summed E-state index contributed by atoms with van der Waals surface area (Å²) in [5.41, 5.74) is -48.6. The third-order valence-electron chi connectivity index (χ3n) is 10.8. The lowest BCUT2D eigenvalue weighted by molar-refractivity contribution is -0.144. The average Bonchev–Trinajstić information content (AvgIpc) is 3.23. The van der Waals surface area contributed by atoms with Gasteiger partial charge in [-0.25, -0.2) is 0 Å². The van der Waals surface area contributed by atoms with Gasteiger partial charge in [-0.3, -0.25) is 0 Å². The van der Waals surface area contributed by atoms with E-state index in [0.717, 1.165) is 0 Å². The Bertz CT molecular complexity index is 2800. The Labute approximate surface area is 389 Å². The van der Waals surface area contributed by atoms with Crippen LogP contribution < -0.4 is 16.4 Å². The van der Waals surface area contributed by atoms with E-state index >= 15 is 52.7 Å². The zero-order chi connectivity index (χ0) is 55.2. The summed E-state index contributed by atoms with van der Waals surface area (Å²) in [6.07, 6.45) is -57.4. The molecule has 6 rings (SSSR count). The summed E-state index contributed by atoms with van der Waals surface area (Å²) >= 11 is 0. The minimum absolute atomic E-state index is 0.180. The summed E-state index contributed by atoms with van der Waals surface area (Å²) in [6, 6.07) is -4.15. The first-order chi connectivity index (χ1) is 32.9. The van der Waals surface area contributed by atoms with Gasteiger partial charge in [-0.1, -0.05) is 95.3 Å². The molecule has 0 aliphatic carbocycles. The largest absolute Gasteiger partial charge is 0.417 e. The zero-order valence-corrected chi connectivity index (χ0v) is 34.7. The van der Waals surface area contributed by atoms with E-state index in [4.69, 9.17) is 0 Å². The SMILES string of the molecule is FC(F)(F)c1cc(B(c2cc(C(F)(F)F)cc(C(F)(F)F)c2)c2c(-c3ccccc3C(F)(F)F)c(C(F)(F)F)c(-c3ccccc3C(F)(F)F)c(C(F)(F)F)c2-c2ccccc2C(F)(F)F)cc(C(F)(F)F)c1.